The average Bonchev–Trinajstić information content (AvgIpc) is 2.56. The second-order valence-corrected chi connectivity index (χ2v) is 7.04. The molecule has 0 unspecified atom stereocenters. The molecule has 0 aliphatic carbocycles. The van der Waals surface area contributed by atoms with Gasteiger partial charge in [-0.3, -0.25) is 4.90 Å². The number of carbonyl (C=O) groups excluding carboxylic acids is 1. The third-order valence-electron chi connectivity index (χ3n) is 3.97. The number of anilines is 2. The molecule has 0 fully saturated rings. The number of rotatable bonds is 3. The van der Waals surface area contributed by atoms with E-state index in [4.69, 9.17) is 0 Å². The van der Waals surface area contributed by atoms with Crippen LogP contribution in [0.15, 0.2) is 53.4 Å². The van der Waals surface area contributed by atoms with Gasteiger partial charge in [-0.2, -0.15) is 4.31 Å². The molecular formula is C17H18N2O3S. The molecule has 0 bridgehead atoms. The minimum absolute atomic E-state index is 0.154. The van der Waals surface area contributed by atoms with Gasteiger partial charge in [-0.1, -0.05) is 31.2 Å². The molecule has 2 amide bonds. The molecule has 0 saturated carbocycles. The Morgan fingerprint density at radius 2 is 1.61 bits per heavy atom. The molecule has 1 heterocycles. The van der Waals surface area contributed by atoms with Crippen LogP contribution in [-0.4, -0.2) is 21.0 Å². The molecule has 6 heteroatoms. The number of urea groups is 1. The number of sulfonamides is 1. The molecular weight excluding hydrogens is 312 g/mol. The van der Waals surface area contributed by atoms with Gasteiger partial charge < -0.3 is 0 Å². The van der Waals surface area contributed by atoms with E-state index in [1.807, 2.05) is 26.0 Å². The number of carbonyl (C=O) groups is 1. The number of amides is 2. The Kier molecular flexibility index (Phi) is 3.85. The minimum Gasteiger partial charge on any atom is -0.292 e. The van der Waals surface area contributed by atoms with E-state index >= 15 is 0 Å². The Bertz CT molecular complexity index is 844. The maximum absolute atomic E-state index is 12.9. The summed E-state index contributed by atoms with van der Waals surface area (Å²) in [5.74, 6) is 0. The summed E-state index contributed by atoms with van der Waals surface area (Å²) in [4.78, 5) is 14.4. The third-order valence-corrected chi connectivity index (χ3v) is 5.72. The van der Waals surface area contributed by atoms with Crippen molar-refractivity contribution in [2.45, 2.75) is 25.2 Å². The fraction of sp³-hybridized carbons (Fsp3) is 0.235. The molecule has 0 saturated heterocycles. The number of fused-ring (bicyclic) bond motifs is 1. The second kappa shape index (κ2) is 5.70. The molecule has 0 atom stereocenters. The summed E-state index contributed by atoms with van der Waals surface area (Å²) in [5.41, 5.74) is 1.88. The molecule has 1 aliphatic rings. The summed E-state index contributed by atoms with van der Waals surface area (Å²) in [6.45, 7) is 4.24. The van der Waals surface area contributed by atoms with Crippen molar-refractivity contribution in [1.82, 2.24) is 0 Å². The van der Waals surface area contributed by atoms with Crippen LogP contribution in [0, 0.1) is 0 Å². The monoisotopic (exact) mass is 330 g/mol. The molecule has 2 aromatic carbocycles. The van der Waals surface area contributed by atoms with Crippen molar-refractivity contribution in [2.75, 3.05) is 15.7 Å². The van der Waals surface area contributed by atoms with Crippen LogP contribution in [0.2, 0.25) is 0 Å². The summed E-state index contributed by atoms with van der Waals surface area (Å²) in [6, 6.07) is 13.1. The summed E-state index contributed by atoms with van der Waals surface area (Å²) >= 11 is 0. The molecule has 2 aromatic rings. The Morgan fingerprint density at radius 3 is 2.22 bits per heavy atom. The predicted molar refractivity (Wildman–Crippen MR) is 90.3 cm³/mol. The average molecular weight is 330 g/mol. The number of hydrogen-bond acceptors (Lipinski definition) is 3. The molecule has 0 spiro atoms. The van der Waals surface area contributed by atoms with Crippen LogP contribution in [0.1, 0.15) is 19.4 Å². The smallest absolute Gasteiger partial charge is 0.292 e. The normalized spacial score (nSPS) is 16.3. The number of aryl methyl sites for hydroxylation is 1. The molecule has 5 nitrogen and oxygen atoms in total. The van der Waals surface area contributed by atoms with Crippen molar-refractivity contribution in [3.8, 4) is 0 Å². The number of hydrogen-bond donors (Lipinski definition) is 0. The quantitative estimate of drug-likeness (QED) is 0.866. The van der Waals surface area contributed by atoms with Gasteiger partial charge in [0.05, 0.1) is 11.4 Å². The topological polar surface area (TPSA) is 57.7 Å². The third kappa shape index (κ3) is 2.39. The molecule has 0 radical (unpaired) electrons. The lowest BCUT2D eigenvalue weighted by Crippen LogP contribution is -2.51. The highest BCUT2D eigenvalue weighted by atomic mass is 32.2. The summed E-state index contributed by atoms with van der Waals surface area (Å²) in [6.07, 6.45) is 0.852. The van der Waals surface area contributed by atoms with Gasteiger partial charge in [0, 0.05) is 6.54 Å². The van der Waals surface area contributed by atoms with Gasteiger partial charge in [-0.25, -0.2) is 13.2 Å². The van der Waals surface area contributed by atoms with Gasteiger partial charge in [0.2, 0.25) is 0 Å². The zero-order valence-electron chi connectivity index (χ0n) is 13.1. The highest BCUT2D eigenvalue weighted by Gasteiger charge is 2.41. The molecule has 1 aliphatic heterocycles. The van der Waals surface area contributed by atoms with E-state index in [-0.39, 0.29) is 4.90 Å². The van der Waals surface area contributed by atoms with Crippen molar-refractivity contribution < 1.29 is 13.2 Å². The maximum atomic E-state index is 12.9. The first kappa shape index (κ1) is 15.6. The van der Waals surface area contributed by atoms with E-state index in [1.54, 1.807) is 30.3 Å². The highest BCUT2D eigenvalue weighted by Crippen LogP contribution is 2.36. The van der Waals surface area contributed by atoms with Gasteiger partial charge in [0.1, 0.15) is 4.90 Å². The maximum Gasteiger partial charge on any atom is 0.343 e. The number of benzene rings is 2. The molecule has 0 aromatic heterocycles. The van der Waals surface area contributed by atoms with Crippen LogP contribution in [0.3, 0.4) is 0 Å². The molecule has 0 N–H and O–H groups in total. The van der Waals surface area contributed by atoms with Gasteiger partial charge >= 0.3 is 6.03 Å². The Labute approximate surface area is 136 Å². The van der Waals surface area contributed by atoms with Crippen LogP contribution in [0.5, 0.6) is 0 Å². The lowest BCUT2D eigenvalue weighted by Gasteiger charge is -2.35. The highest BCUT2D eigenvalue weighted by molar-refractivity contribution is 7.94. The first-order valence-corrected chi connectivity index (χ1v) is 8.99. The van der Waals surface area contributed by atoms with Gasteiger partial charge in [0.15, 0.2) is 0 Å². The fourth-order valence-electron chi connectivity index (χ4n) is 2.73. The Hall–Kier alpha value is -2.34. The van der Waals surface area contributed by atoms with Crippen LogP contribution in [0.25, 0.3) is 0 Å². The summed E-state index contributed by atoms with van der Waals surface area (Å²) in [5, 5.41) is 0. The van der Waals surface area contributed by atoms with E-state index in [2.05, 4.69) is 0 Å². The van der Waals surface area contributed by atoms with Gasteiger partial charge in [0.25, 0.3) is 10.0 Å². The van der Waals surface area contributed by atoms with Crippen molar-refractivity contribution in [2.24, 2.45) is 0 Å². The van der Waals surface area contributed by atoms with Crippen molar-refractivity contribution >= 4 is 27.4 Å². The predicted octanol–water partition coefficient (Wildman–Crippen LogP) is 3.40. The molecule has 120 valence electrons. The minimum atomic E-state index is -3.91. The van der Waals surface area contributed by atoms with Gasteiger partial charge in [-0.05, 0) is 43.2 Å². The Balaban J connectivity index is 2.19. The number of nitrogens with zero attached hydrogens (tertiary/aromatic N) is 2. The zero-order valence-corrected chi connectivity index (χ0v) is 13.9. The first-order valence-electron chi connectivity index (χ1n) is 7.55. The standard InChI is InChI=1S/C17H18N2O3S/c1-3-13-9-11-14(12-10-13)19-17(20)18(4-2)15-7-5-6-8-16(15)23(19,21)22/h5-12H,3-4H2,1-2H3. The summed E-state index contributed by atoms with van der Waals surface area (Å²) < 4.78 is 26.7. The Morgan fingerprint density at radius 1 is 0.957 bits per heavy atom. The summed E-state index contributed by atoms with van der Waals surface area (Å²) in [7, 11) is -3.91. The first-order chi connectivity index (χ1) is 11.0. The van der Waals surface area contributed by atoms with Gasteiger partial charge in [-0.15, -0.1) is 0 Å². The van der Waals surface area contributed by atoms with E-state index in [0.717, 1.165) is 16.3 Å². The van der Waals surface area contributed by atoms with Crippen molar-refractivity contribution in [3.05, 3.63) is 54.1 Å². The number of para-hydroxylation sites is 1. The van der Waals surface area contributed by atoms with Crippen LogP contribution in [0.4, 0.5) is 16.2 Å². The second-order valence-electron chi connectivity index (χ2n) is 5.28. The van der Waals surface area contributed by atoms with Crippen molar-refractivity contribution in [3.63, 3.8) is 0 Å². The molecule has 23 heavy (non-hydrogen) atoms. The van der Waals surface area contributed by atoms with Crippen LogP contribution >= 0.6 is 0 Å². The van der Waals surface area contributed by atoms with Crippen LogP contribution < -0.4 is 9.21 Å². The lowest BCUT2D eigenvalue weighted by molar-refractivity contribution is 0.254. The molecule has 3 rings (SSSR count). The van der Waals surface area contributed by atoms with Crippen molar-refractivity contribution in [1.29, 1.82) is 0 Å². The SMILES string of the molecule is CCc1ccc(N2C(=O)N(CC)c3ccccc3S2(=O)=O)cc1. The van der Waals surface area contributed by atoms with E-state index in [9.17, 15) is 13.2 Å². The van der Waals surface area contributed by atoms with E-state index < -0.39 is 16.1 Å². The largest absolute Gasteiger partial charge is 0.343 e. The fourth-order valence-corrected chi connectivity index (χ4v) is 4.33. The van der Waals surface area contributed by atoms with E-state index in [1.165, 1.54) is 11.0 Å². The van der Waals surface area contributed by atoms with E-state index in [0.29, 0.717) is 17.9 Å². The zero-order chi connectivity index (χ0) is 16.6. The van der Waals surface area contributed by atoms with Crippen LogP contribution in [-0.2, 0) is 16.4 Å². The lowest BCUT2D eigenvalue weighted by atomic mass is 10.1.